The van der Waals surface area contributed by atoms with E-state index in [-0.39, 0.29) is 24.2 Å². The van der Waals surface area contributed by atoms with Gasteiger partial charge in [-0.15, -0.1) is 6.42 Å². The van der Waals surface area contributed by atoms with Crippen LogP contribution in [0, 0.1) is 12.3 Å². The number of H-pyrrole nitrogens is 1. The second-order valence-corrected chi connectivity index (χ2v) is 4.76. The van der Waals surface area contributed by atoms with E-state index in [0.29, 0.717) is 23.9 Å². The quantitative estimate of drug-likeness (QED) is 0.656. The highest BCUT2D eigenvalue weighted by Gasteiger charge is 2.41. The van der Waals surface area contributed by atoms with Crippen LogP contribution in [0.1, 0.15) is 12.8 Å². The third kappa shape index (κ3) is 1.70. The standard InChI is InChI=1S/C13H14N4O3/c1-2-13(5-3-8(7-18)20-13)17-6-4-9-10(17)15-12(14)16-11(9)19/h1,4,6,8,18H,3,5,7H2,(H3,14,15,16,19). The van der Waals surface area contributed by atoms with Gasteiger partial charge in [-0.05, 0) is 18.4 Å². The molecule has 2 atom stereocenters. The number of nitrogens with one attached hydrogen (secondary N) is 1. The van der Waals surface area contributed by atoms with E-state index >= 15 is 0 Å². The third-order valence-corrected chi connectivity index (χ3v) is 3.56. The Hall–Kier alpha value is -2.30. The van der Waals surface area contributed by atoms with E-state index in [0.717, 1.165) is 0 Å². The number of nitrogen functional groups attached to an aromatic ring is 1. The van der Waals surface area contributed by atoms with Gasteiger partial charge in [-0.2, -0.15) is 4.98 Å². The molecule has 2 aromatic rings. The molecule has 0 saturated carbocycles. The van der Waals surface area contributed by atoms with Crippen molar-refractivity contribution in [2.75, 3.05) is 12.3 Å². The summed E-state index contributed by atoms with van der Waals surface area (Å²) in [7, 11) is 0. The summed E-state index contributed by atoms with van der Waals surface area (Å²) in [6.07, 6.45) is 8.14. The minimum Gasteiger partial charge on any atom is -0.394 e. The smallest absolute Gasteiger partial charge is 0.261 e. The summed E-state index contributed by atoms with van der Waals surface area (Å²) in [5.74, 6) is 2.63. The van der Waals surface area contributed by atoms with Gasteiger partial charge in [0.15, 0.2) is 5.65 Å². The first kappa shape index (κ1) is 12.7. The number of aromatic nitrogens is 3. The van der Waals surface area contributed by atoms with Crippen molar-refractivity contribution in [1.82, 2.24) is 14.5 Å². The number of hydrogen-bond acceptors (Lipinski definition) is 5. The molecule has 3 rings (SSSR count). The number of aliphatic hydroxyl groups is 1. The summed E-state index contributed by atoms with van der Waals surface area (Å²) in [4.78, 5) is 18.4. The summed E-state index contributed by atoms with van der Waals surface area (Å²) in [5, 5.41) is 9.59. The number of anilines is 1. The minimum absolute atomic E-state index is 0.0197. The number of rotatable bonds is 2. The lowest BCUT2D eigenvalue weighted by atomic mass is 10.1. The van der Waals surface area contributed by atoms with Gasteiger partial charge in [-0.1, -0.05) is 0 Å². The van der Waals surface area contributed by atoms with E-state index in [9.17, 15) is 9.90 Å². The van der Waals surface area contributed by atoms with Crippen molar-refractivity contribution in [2.24, 2.45) is 0 Å². The van der Waals surface area contributed by atoms with Crippen molar-refractivity contribution in [3.63, 3.8) is 0 Å². The van der Waals surface area contributed by atoms with Gasteiger partial charge in [0, 0.05) is 12.6 Å². The molecule has 7 nitrogen and oxygen atoms in total. The molecule has 0 aliphatic carbocycles. The van der Waals surface area contributed by atoms with Gasteiger partial charge in [-0.3, -0.25) is 14.3 Å². The molecule has 0 amide bonds. The summed E-state index contributed by atoms with van der Waals surface area (Å²) < 4.78 is 7.39. The zero-order valence-corrected chi connectivity index (χ0v) is 10.7. The molecular weight excluding hydrogens is 260 g/mol. The van der Waals surface area contributed by atoms with Crippen LogP contribution in [0.2, 0.25) is 0 Å². The molecular formula is C13H14N4O3. The van der Waals surface area contributed by atoms with Crippen LogP contribution < -0.4 is 11.3 Å². The molecule has 7 heteroatoms. The summed E-state index contributed by atoms with van der Waals surface area (Å²) in [5.41, 5.74) is 4.59. The third-order valence-electron chi connectivity index (χ3n) is 3.56. The number of hydrogen-bond donors (Lipinski definition) is 3. The topological polar surface area (TPSA) is 106 Å². The normalized spacial score (nSPS) is 25.9. The van der Waals surface area contributed by atoms with Gasteiger partial charge in [0.1, 0.15) is 0 Å². The van der Waals surface area contributed by atoms with Gasteiger partial charge in [0.2, 0.25) is 11.7 Å². The van der Waals surface area contributed by atoms with E-state index in [1.165, 1.54) is 0 Å². The van der Waals surface area contributed by atoms with Crippen molar-refractivity contribution >= 4 is 17.0 Å². The van der Waals surface area contributed by atoms with Gasteiger partial charge in [-0.25, -0.2) is 0 Å². The van der Waals surface area contributed by atoms with Crippen LogP contribution in [0.25, 0.3) is 11.0 Å². The van der Waals surface area contributed by atoms with Crippen molar-refractivity contribution < 1.29 is 9.84 Å². The van der Waals surface area contributed by atoms with E-state index in [1.54, 1.807) is 16.8 Å². The van der Waals surface area contributed by atoms with E-state index in [2.05, 4.69) is 15.9 Å². The Morgan fingerprint density at radius 1 is 1.75 bits per heavy atom. The van der Waals surface area contributed by atoms with Gasteiger partial charge >= 0.3 is 0 Å². The molecule has 4 N–H and O–H groups in total. The Morgan fingerprint density at radius 2 is 2.55 bits per heavy atom. The maximum Gasteiger partial charge on any atom is 0.261 e. The highest BCUT2D eigenvalue weighted by atomic mass is 16.5. The molecule has 0 aromatic carbocycles. The minimum atomic E-state index is -1.04. The number of nitrogens with zero attached hydrogens (tertiary/aromatic N) is 2. The Balaban J connectivity index is 2.20. The largest absolute Gasteiger partial charge is 0.394 e. The number of fused-ring (bicyclic) bond motifs is 1. The van der Waals surface area contributed by atoms with Gasteiger partial charge < -0.3 is 15.6 Å². The number of nitrogens with two attached hydrogens (primary N) is 1. The average molecular weight is 274 g/mol. The zero-order chi connectivity index (χ0) is 14.3. The maximum atomic E-state index is 11.8. The number of aromatic amines is 1. The molecule has 1 saturated heterocycles. The van der Waals surface area contributed by atoms with E-state index in [1.807, 2.05) is 0 Å². The molecule has 1 fully saturated rings. The van der Waals surface area contributed by atoms with Gasteiger partial charge in [0.05, 0.1) is 18.1 Å². The number of ether oxygens (including phenoxy) is 1. The van der Waals surface area contributed by atoms with E-state index < -0.39 is 5.72 Å². The molecule has 0 bridgehead atoms. The molecule has 2 unspecified atom stereocenters. The molecule has 1 aliphatic rings. The molecule has 0 spiro atoms. The SMILES string of the molecule is C#CC1(n2ccc3c(=O)[nH]c(N)nc32)CCC(CO)O1. The van der Waals surface area contributed by atoms with Crippen molar-refractivity contribution in [3.8, 4) is 12.3 Å². The van der Waals surface area contributed by atoms with Gasteiger partial charge in [0.25, 0.3) is 5.56 Å². The lowest BCUT2D eigenvalue weighted by Gasteiger charge is -2.25. The fourth-order valence-corrected chi connectivity index (χ4v) is 2.56. The zero-order valence-electron chi connectivity index (χ0n) is 10.7. The van der Waals surface area contributed by atoms with Crippen molar-refractivity contribution in [1.29, 1.82) is 0 Å². The van der Waals surface area contributed by atoms with Crippen LogP contribution in [0.3, 0.4) is 0 Å². The van der Waals surface area contributed by atoms with Crippen molar-refractivity contribution in [2.45, 2.75) is 24.7 Å². The molecule has 1 aliphatic heterocycles. The summed E-state index contributed by atoms with van der Waals surface area (Å²) in [6.45, 7) is -0.0984. The van der Waals surface area contributed by atoms with E-state index in [4.69, 9.17) is 16.9 Å². The second-order valence-electron chi connectivity index (χ2n) is 4.76. The molecule has 0 radical (unpaired) electrons. The van der Waals surface area contributed by atoms with Crippen LogP contribution in [0.15, 0.2) is 17.1 Å². The Labute approximate surface area is 114 Å². The Bertz CT molecular complexity index is 757. The number of terminal acetylenes is 1. The van der Waals surface area contributed by atoms with Crippen LogP contribution in [-0.4, -0.2) is 32.4 Å². The first-order valence-corrected chi connectivity index (χ1v) is 6.23. The lowest BCUT2D eigenvalue weighted by Crippen LogP contribution is -2.32. The predicted molar refractivity (Wildman–Crippen MR) is 72.8 cm³/mol. The molecule has 20 heavy (non-hydrogen) atoms. The first-order valence-electron chi connectivity index (χ1n) is 6.23. The van der Waals surface area contributed by atoms with Crippen LogP contribution in [0.4, 0.5) is 5.95 Å². The maximum absolute atomic E-state index is 11.8. The van der Waals surface area contributed by atoms with Crippen LogP contribution >= 0.6 is 0 Å². The highest BCUT2D eigenvalue weighted by molar-refractivity contribution is 5.76. The molecule has 104 valence electrons. The lowest BCUT2D eigenvalue weighted by molar-refractivity contribution is -0.0677. The van der Waals surface area contributed by atoms with Crippen molar-refractivity contribution in [3.05, 3.63) is 22.6 Å². The molecule has 2 aromatic heterocycles. The fraction of sp³-hybridized carbons (Fsp3) is 0.385. The first-order chi connectivity index (χ1) is 9.59. The summed E-state index contributed by atoms with van der Waals surface area (Å²) in [6, 6.07) is 1.62. The predicted octanol–water partition coefficient (Wildman–Crippen LogP) is -0.236. The second kappa shape index (κ2) is 4.37. The average Bonchev–Trinajstić information content (AvgIpc) is 3.02. The monoisotopic (exact) mass is 274 g/mol. The highest BCUT2D eigenvalue weighted by Crippen LogP contribution is 2.36. The van der Waals surface area contributed by atoms with Crippen LogP contribution in [0.5, 0.6) is 0 Å². The Kier molecular flexibility index (Phi) is 2.78. The van der Waals surface area contributed by atoms with Crippen LogP contribution in [-0.2, 0) is 10.5 Å². The Morgan fingerprint density at radius 3 is 3.20 bits per heavy atom. The fourth-order valence-electron chi connectivity index (χ4n) is 2.56. The molecule has 3 heterocycles. The summed E-state index contributed by atoms with van der Waals surface area (Å²) >= 11 is 0. The number of aliphatic hydroxyl groups excluding tert-OH is 1.